The number of aryl methyl sites for hydroxylation is 1. The first-order chi connectivity index (χ1) is 10.4. The summed E-state index contributed by atoms with van der Waals surface area (Å²) in [4.78, 5) is 0. The van der Waals surface area contributed by atoms with Crippen molar-refractivity contribution in [3.63, 3.8) is 0 Å². The Labute approximate surface area is 138 Å². The largest absolute Gasteiger partial charge is 0.0991 e. The molecule has 0 aliphatic heterocycles. The lowest BCUT2D eigenvalue weighted by atomic mass is 10.00. The molecule has 1 aromatic rings. The first-order valence-electron chi connectivity index (χ1n) is 8.08. The summed E-state index contributed by atoms with van der Waals surface area (Å²) in [6.45, 7) is 18.4. The quantitative estimate of drug-likeness (QED) is 0.489. The van der Waals surface area contributed by atoms with Crippen molar-refractivity contribution in [1.29, 1.82) is 0 Å². The lowest BCUT2D eigenvalue weighted by molar-refractivity contribution is 0.563. The van der Waals surface area contributed by atoms with Crippen LogP contribution in [0, 0.1) is 12.8 Å². The second-order valence-corrected chi connectivity index (χ2v) is 6.05. The van der Waals surface area contributed by atoms with Gasteiger partial charge < -0.3 is 0 Å². The van der Waals surface area contributed by atoms with Gasteiger partial charge in [-0.05, 0) is 44.2 Å². The topological polar surface area (TPSA) is 0 Å². The Morgan fingerprint density at radius 1 is 1.23 bits per heavy atom. The molecule has 120 valence electrons. The smallest absolute Gasteiger partial charge is 0.0228 e. The molecule has 0 nitrogen and oxygen atoms in total. The van der Waals surface area contributed by atoms with Gasteiger partial charge in [-0.3, -0.25) is 0 Å². The van der Waals surface area contributed by atoms with Crippen molar-refractivity contribution >= 4 is 6.08 Å². The highest BCUT2D eigenvalue weighted by Gasteiger charge is 1.98. The highest BCUT2D eigenvalue weighted by atomic mass is 14.0. The third kappa shape index (κ3) is 9.99. The van der Waals surface area contributed by atoms with Crippen LogP contribution in [0.3, 0.4) is 0 Å². The zero-order chi connectivity index (χ0) is 17.0. The Hall–Kier alpha value is -1.82. The molecule has 0 fully saturated rings. The van der Waals surface area contributed by atoms with E-state index in [1.807, 2.05) is 12.2 Å². The van der Waals surface area contributed by atoms with Crippen LogP contribution in [-0.2, 0) is 0 Å². The molecule has 0 heteroatoms. The van der Waals surface area contributed by atoms with Gasteiger partial charge in [0.15, 0.2) is 0 Å². The maximum atomic E-state index is 3.95. The van der Waals surface area contributed by atoms with E-state index in [4.69, 9.17) is 0 Å². The van der Waals surface area contributed by atoms with Crippen LogP contribution in [0.5, 0.6) is 0 Å². The minimum Gasteiger partial charge on any atom is -0.0991 e. The van der Waals surface area contributed by atoms with Crippen LogP contribution in [0.1, 0.15) is 51.7 Å². The van der Waals surface area contributed by atoms with Gasteiger partial charge in [-0.15, -0.1) is 0 Å². The van der Waals surface area contributed by atoms with E-state index in [0.29, 0.717) is 0 Å². The summed E-state index contributed by atoms with van der Waals surface area (Å²) < 4.78 is 0. The average molecular weight is 296 g/mol. The molecule has 1 aromatic carbocycles. The molecule has 1 atom stereocenters. The van der Waals surface area contributed by atoms with Crippen LogP contribution in [0.4, 0.5) is 0 Å². The third-order valence-corrected chi connectivity index (χ3v) is 3.41. The molecule has 0 N–H and O–H groups in total. The fourth-order valence-electron chi connectivity index (χ4n) is 1.92. The Kier molecular flexibility index (Phi) is 10.8. The highest BCUT2D eigenvalue weighted by molar-refractivity contribution is 5.55. The zero-order valence-electron chi connectivity index (χ0n) is 15.0. The van der Waals surface area contributed by atoms with Crippen molar-refractivity contribution in [3.8, 4) is 0 Å². The Balaban J connectivity index is 0.000000401. The van der Waals surface area contributed by atoms with Crippen LogP contribution in [-0.4, -0.2) is 0 Å². The van der Waals surface area contributed by atoms with Crippen molar-refractivity contribution in [3.05, 3.63) is 77.9 Å². The lowest BCUT2D eigenvalue weighted by Crippen LogP contribution is -1.91. The predicted molar refractivity (Wildman–Crippen MR) is 103 cm³/mol. The molecule has 0 aliphatic carbocycles. The van der Waals surface area contributed by atoms with E-state index in [1.165, 1.54) is 28.7 Å². The number of allylic oxidation sites excluding steroid dienone is 5. The monoisotopic (exact) mass is 296 g/mol. The van der Waals surface area contributed by atoms with E-state index in [9.17, 15) is 0 Å². The summed E-state index contributed by atoms with van der Waals surface area (Å²) in [5.74, 6) is 0.747. The van der Waals surface area contributed by atoms with Crippen LogP contribution >= 0.6 is 0 Å². The maximum Gasteiger partial charge on any atom is -0.0228 e. The van der Waals surface area contributed by atoms with E-state index in [-0.39, 0.29) is 0 Å². The first kappa shape index (κ1) is 20.2. The van der Waals surface area contributed by atoms with E-state index in [1.54, 1.807) is 6.08 Å². The number of benzene rings is 1. The zero-order valence-corrected chi connectivity index (χ0v) is 15.0. The second-order valence-electron chi connectivity index (χ2n) is 6.05. The van der Waals surface area contributed by atoms with Crippen molar-refractivity contribution in [2.45, 2.75) is 47.5 Å². The Bertz CT molecular complexity index is 511. The molecule has 0 amide bonds. The van der Waals surface area contributed by atoms with Crippen LogP contribution in [0.25, 0.3) is 6.08 Å². The molecule has 0 saturated heterocycles. The van der Waals surface area contributed by atoms with Crippen molar-refractivity contribution in [2.75, 3.05) is 0 Å². The molecule has 0 heterocycles. The van der Waals surface area contributed by atoms with Gasteiger partial charge in [0.25, 0.3) is 0 Å². The minimum absolute atomic E-state index is 0.747. The predicted octanol–water partition coefficient (Wildman–Crippen LogP) is 7.14. The van der Waals surface area contributed by atoms with Gasteiger partial charge in [0.05, 0.1) is 0 Å². The molecule has 0 saturated carbocycles. The highest BCUT2D eigenvalue weighted by Crippen LogP contribution is 2.13. The molecule has 0 bridgehead atoms. The van der Waals surface area contributed by atoms with E-state index in [2.05, 4.69) is 78.1 Å². The SMILES string of the molecule is C=C/C=C\C(=C)CC(C)CC.CC(C)=Cc1ccccc1C. The number of rotatable bonds is 6. The summed E-state index contributed by atoms with van der Waals surface area (Å²) in [5, 5.41) is 0. The summed E-state index contributed by atoms with van der Waals surface area (Å²) >= 11 is 0. The molecule has 0 aliphatic rings. The molecule has 22 heavy (non-hydrogen) atoms. The molecule has 1 unspecified atom stereocenters. The average Bonchev–Trinajstić information content (AvgIpc) is 2.47. The minimum atomic E-state index is 0.747. The van der Waals surface area contributed by atoms with E-state index >= 15 is 0 Å². The molecule has 0 aromatic heterocycles. The molecular weight excluding hydrogens is 264 g/mol. The van der Waals surface area contributed by atoms with Gasteiger partial charge in [0.2, 0.25) is 0 Å². The number of hydrogen-bond donors (Lipinski definition) is 0. The van der Waals surface area contributed by atoms with Crippen LogP contribution in [0.15, 0.2) is 66.8 Å². The van der Waals surface area contributed by atoms with E-state index in [0.717, 1.165) is 12.3 Å². The Morgan fingerprint density at radius 3 is 2.36 bits per heavy atom. The summed E-state index contributed by atoms with van der Waals surface area (Å²) in [7, 11) is 0. The summed E-state index contributed by atoms with van der Waals surface area (Å²) in [5.41, 5.74) is 5.21. The van der Waals surface area contributed by atoms with Crippen LogP contribution < -0.4 is 0 Å². The fraction of sp³-hybridized carbons (Fsp3) is 0.364. The molecular formula is C22H32. The van der Waals surface area contributed by atoms with E-state index < -0.39 is 0 Å². The van der Waals surface area contributed by atoms with Gasteiger partial charge in [0, 0.05) is 0 Å². The van der Waals surface area contributed by atoms with Crippen LogP contribution in [0.2, 0.25) is 0 Å². The number of hydrogen-bond acceptors (Lipinski definition) is 0. The lowest BCUT2D eigenvalue weighted by Gasteiger charge is -2.06. The van der Waals surface area contributed by atoms with Gasteiger partial charge >= 0.3 is 0 Å². The molecule has 1 rings (SSSR count). The first-order valence-corrected chi connectivity index (χ1v) is 8.08. The second kappa shape index (κ2) is 11.8. The van der Waals surface area contributed by atoms with Gasteiger partial charge in [-0.25, -0.2) is 0 Å². The fourth-order valence-corrected chi connectivity index (χ4v) is 1.92. The normalized spacial score (nSPS) is 11.3. The third-order valence-electron chi connectivity index (χ3n) is 3.41. The maximum absolute atomic E-state index is 3.95. The Morgan fingerprint density at radius 2 is 1.86 bits per heavy atom. The molecule has 0 radical (unpaired) electrons. The summed E-state index contributed by atoms with van der Waals surface area (Å²) in [6, 6.07) is 8.41. The summed E-state index contributed by atoms with van der Waals surface area (Å²) in [6.07, 6.45) is 10.3. The standard InChI is InChI=1S/C11H14.C11H18/c1-9(2)8-11-7-5-4-6-10(11)3;1-5-7-8-11(4)9-10(3)6-2/h4-8H,1-3H3;5,7-8,10H,1,4,6,9H2,2-3H3/b;8-7-. The van der Waals surface area contributed by atoms with Gasteiger partial charge in [-0.1, -0.05) is 93.1 Å². The van der Waals surface area contributed by atoms with Crippen molar-refractivity contribution < 1.29 is 0 Å². The van der Waals surface area contributed by atoms with Crippen molar-refractivity contribution in [1.82, 2.24) is 0 Å². The van der Waals surface area contributed by atoms with Gasteiger partial charge in [-0.2, -0.15) is 0 Å². The molecule has 0 spiro atoms. The van der Waals surface area contributed by atoms with Crippen molar-refractivity contribution in [2.24, 2.45) is 5.92 Å². The van der Waals surface area contributed by atoms with Gasteiger partial charge in [0.1, 0.15) is 0 Å².